The van der Waals surface area contributed by atoms with E-state index in [0.717, 1.165) is 17.8 Å². The molecule has 7 nitrogen and oxygen atoms in total. The van der Waals surface area contributed by atoms with E-state index in [1.54, 1.807) is 34.1 Å². The Morgan fingerprint density at radius 2 is 2.04 bits per heavy atom. The molecule has 7 heteroatoms. The molecule has 132 valence electrons. The number of nitrogens with zero attached hydrogens (tertiary/aromatic N) is 5. The summed E-state index contributed by atoms with van der Waals surface area (Å²) in [6.07, 6.45) is 3.94. The van der Waals surface area contributed by atoms with Crippen LogP contribution in [0.4, 0.5) is 0 Å². The molecule has 3 heterocycles. The Kier molecular flexibility index (Phi) is 4.35. The zero-order valence-electron chi connectivity index (χ0n) is 14.4. The first-order chi connectivity index (χ1) is 12.7. The third kappa shape index (κ3) is 3.15. The van der Waals surface area contributed by atoms with E-state index in [1.165, 1.54) is 0 Å². The number of ether oxygens (including phenoxy) is 1. The van der Waals surface area contributed by atoms with Crippen LogP contribution in [0, 0.1) is 6.92 Å². The molecule has 3 aromatic rings. The van der Waals surface area contributed by atoms with Gasteiger partial charge in [0.1, 0.15) is 6.10 Å². The molecule has 0 bridgehead atoms. The Morgan fingerprint density at radius 3 is 2.81 bits per heavy atom. The van der Waals surface area contributed by atoms with E-state index in [4.69, 9.17) is 4.74 Å². The first-order valence-electron chi connectivity index (χ1n) is 8.56. The quantitative estimate of drug-likeness (QED) is 0.722. The summed E-state index contributed by atoms with van der Waals surface area (Å²) in [5, 5.41) is 12.1. The topological polar surface area (TPSA) is 73.1 Å². The number of carbonyl (C=O) groups is 1. The normalized spacial score (nSPS) is 16.7. The number of para-hydroxylation sites is 1. The minimum Gasteiger partial charge on any atom is -0.471 e. The second kappa shape index (κ2) is 6.95. The molecule has 1 amide bonds. The van der Waals surface area contributed by atoms with Crippen LogP contribution in [0.2, 0.25) is 0 Å². The molecule has 0 saturated carbocycles. The van der Waals surface area contributed by atoms with Gasteiger partial charge in [-0.25, -0.2) is 4.68 Å². The Morgan fingerprint density at radius 1 is 1.19 bits per heavy atom. The van der Waals surface area contributed by atoms with Crippen molar-refractivity contribution >= 4 is 5.91 Å². The summed E-state index contributed by atoms with van der Waals surface area (Å²) in [4.78, 5) is 14.7. The summed E-state index contributed by atoms with van der Waals surface area (Å²) in [5.41, 5.74) is 2.39. The minimum absolute atomic E-state index is 0.0186. The van der Waals surface area contributed by atoms with Crippen molar-refractivity contribution in [1.82, 2.24) is 24.9 Å². The maximum atomic E-state index is 12.9. The average Bonchev–Trinajstić information content (AvgIpc) is 3.30. The number of carbonyl (C=O) groups excluding carboxylic acids is 1. The lowest BCUT2D eigenvalue weighted by Crippen LogP contribution is -2.31. The van der Waals surface area contributed by atoms with E-state index in [9.17, 15) is 4.79 Å². The fraction of sp³-hybridized carbons (Fsp3) is 0.263. The Bertz CT molecular complexity index is 895. The Balaban J connectivity index is 1.46. The smallest absolute Gasteiger partial charge is 0.257 e. The minimum atomic E-state index is -0.0693. The van der Waals surface area contributed by atoms with Crippen molar-refractivity contribution in [3.8, 4) is 11.6 Å². The molecule has 0 spiro atoms. The van der Waals surface area contributed by atoms with Gasteiger partial charge < -0.3 is 9.64 Å². The molecule has 1 saturated heterocycles. The van der Waals surface area contributed by atoms with Gasteiger partial charge in [0.2, 0.25) is 5.88 Å². The molecule has 1 atom stereocenters. The predicted molar refractivity (Wildman–Crippen MR) is 95.3 cm³/mol. The lowest BCUT2D eigenvalue weighted by atomic mass is 10.2. The maximum absolute atomic E-state index is 12.9. The highest BCUT2D eigenvalue weighted by Crippen LogP contribution is 2.20. The van der Waals surface area contributed by atoms with Crippen molar-refractivity contribution in [3.63, 3.8) is 0 Å². The highest BCUT2D eigenvalue weighted by atomic mass is 16.5. The van der Waals surface area contributed by atoms with Gasteiger partial charge in [0.15, 0.2) is 0 Å². The first-order valence-corrected chi connectivity index (χ1v) is 8.56. The van der Waals surface area contributed by atoms with Gasteiger partial charge in [0, 0.05) is 25.2 Å². The number of amides is 1. The molecule has 4 rings (SSSR count). The van der Waals surface area contributed by atoms with Crippen molar-refractivity contribution in [2.75, 3.05) is 13.1 Å². The van der Waals surface area contributed by atoms with Crippen LogP contribution in [0.1, 0.15) is 22.5 Å². The van der Waals surface area contributed by atoms with Gasteiger partial charge >= 0.3 is 0 Å². The Hall–Kier alpha value is -3.22. The van der Waals surface area contributed by atoms with Crippen molar-refractivity contribution < 1.29 is 9.53 Å². The highest BCUT2D eigenvalue weighted by molar-refractivity contribution is 5.95. The first kappa shape index (κ1) is 16.3. The van der Waals surface area contributed by atoms with Gasteiger partial charge in [-0.2, -0.15) is 10.2 Å². The van der Waals surface area contributed by atoms with Crippen LogP contribution < -0.4 is 4.74 Å². The van der Waals surface area contributed by atoms with Crippen molar-refractivity contribution in [3.05, 3.63) is 66.1 Å². The summed E-state index contributed by atoms with van der Waals surface area (Å²) in [6, 6.07) is 13.3. The molecule has 26 heavy (non-hydrogen) atoms. The van der Waals surface area contributed by atoms with Crippen molar-refractivity contribution in [2.24, 2.45) is 0 Å². The van der Waals surface area contributed by atoms with Crippen molar-refractivity contribution in [2.45, 2.75) is 19.4 Å². The monoisotopic (exact) mass is 349 g/mol. The number of hydrogen-bond donors (Lipinski definition) is 0. The lowest BCUT2D eigenvalue weighted by molar-refractivity contribution is 0.0770. The van der Waals surface area contributed by atoms with E-state index >= 15 is 0 Å². The van der Waals surface area contributed by atoms with Gasteiger partial charge in [-0.05, 0) is 25.1 Å². The van der Waals surface area contributed by atoms with Crippen LogP contribution in [0.3, 0.4) is 0 Å². The third-order valence-electron chi connectivity index (χ3n) is 4.51. The van der Waals surface area contributed by atoms with Crippen LogP contribution >= 0.6 is 0 Å². The van der Waals surface area contributed by atoms with E-state index in [0.29, 0.717) is 24.5 Å². The summed E-state index contributed by atoms with van der Waals surface area (Å²) in [7, 11) is 0. The molecule has 1 fully saturated rings. The molecular formula is C19H19N5O2. The summed E-state index contributed by atoms with van der Waals surface area (Å²) in [6.45, 7) is 3.10. The summed E-state index contributed by atoms with van der Waals surface area (Å²) in [5.74, 6) is 0.467. The molecule has 0 radical (unpaired) electrons. The van der Waals surface area contributed by atoms with Crippen LogP contribution in [0.25, 0.3) is 5.69 Å². The van der Waals surface area contributed by atoms with Gasteiger partial charge in [-0.15, -0.1) is 5.10 Å². The van der Waals surface area contributed by atoms with Gasteiger partial charge in [-0.3, -0.25) is 4.79 Å². The largest absolute Gasteiger partial charge is 0.471 e. The van der Waals surface area contributed by atoms with E-state index in [2.05, 4.69) is 15.3 Å². The maximum Gasteiger partial charge on any atom is 0.257 e. The molecule has 0 aliphatic carbocycles. The average molecular weight is 349 g/mol. The van der Waals surface area contributed by atoms with Gasteiger partial charge in [0.05, 0.1) is 29.7 Å². The number of likely N-dealkylation sites (tertiary alicyclic amines) is 1. The summed E-state index contributed by atoms with van der Waals surface area (Å²) < 4.78 is 7.60. The molecule has 1 aromatic carbocycles. The van der Waals surface area contributed by atoms with Crippen LogP contribution in [0.15, 0.2) is 54.9 Å². The molecular weight excluding hydrogens is 330 g/mol. The molecule has 1 aliphatic rings. The highest BCUT2D eigenvalue weighted by Gasteiger charge is 2.30. The number of aromatic nitrogens is 4. The fourth-order valence-electron chi connectivity index (χ4n) is 3.15. The second-order valence-electron chi connectivity index (χ2n) is 6.23. The standard InChI is InChI=1S/C19H19N5O2/c1-14-17(12-21-24(14)15-6-3-2-4-7-15)19(25)23-11-9-16(13-23)26-18-8-5-10-20-22-18/h2-8,10,12,16H,9,11,13H2,1H3. The number of hydrogen-bond acceptors (Lipinski definition) is 5. The van der Waals surface area contributed by atoms with E-state index < -0.39 is 0 Å². The van der Waals surface area contributed by atoms with Gasteiger partial charge in [-0.1, -0.05) is 18.2 Å². The zero-order valence-corrected chi connectivity index (χ0v) is 14.4. The second-order valence-corrected chi connectivity index (χ2v) is 6.23. The molecule has 0 N–H and O–H groups in total. The molecule has 1 unspecified atom stereocenters. The zero-order chi connectivity index (χ0) is 17.9. The lowest BCUT2D eigenvalue weighted by Gasteiger charge is -2.16. The van der Waals surface area contributed by atoms with Crippen molar-refractivity contribution in [1.29, 1.82) is 0 Å². The third-order valence-corrected chi connectivity index (χ3v) is 4.51. The van der Waals surface area contributed by atoms with Crippen LogP contribution in [-0.2, 0) is 0 Å². The molecule has 1 aliphatic heterocycles. The molecule has 2 aromatic heterocycles. The SMILES string of the molecule is Cc1c(C(=O)N2CCC(Oc3cccnn3)C2)cnn1-c1ccccc1. The predicted octanol–water partition coefficient (Wildman–Crippen LogP) is 2.26. The fourth-order valence-corrected chi connectivity index (χ4v) is 3.15. The van der Waals surface area contributed by atoms with E-state index in [-0.39, 0.29) is 12.0 Å². The van der Waals surface area contributed by atoms with E-state index in [1.807, 2.05) is 37.3 Å². The summed E-state index contributed by atoms with van der Waals surface area (Å²) >= 11 is 0. The Labute approximate surface area is 151 Å². The van der Waals surface area contributed by atoms with Crippen LogP contribution in [-0.4, -0.2) is 50.0 Å². The number of benzene rings is 1. The van der Waals surface area contributed by atoms with Gasteiger partial charge in [0.25, 0.3) is 5.91 Å². The van der Waals surface area contributed by atoms with Crippen LogP contribution in [0.5, 0.6) is 5.88 Å². The number of rotatable bonds is 4.